The minimum absolute atomic E-state index is 0.0491. The monoisotopic (exact) mass is 565 g/mol. The summed E-state index contributed by atoms with van der Waals surface area (Å²) in [5.74, 6) is 0. The van der Waals surface area contributed by atoms with Crippen LogP contribution < -0.4 is 20.2 Å². The zero-order valence-corrected chi connectivity index (χ0v) is 26.5. The Morgan fingerprint density at radius 3 is 2.02 bits per heavy atom. The van der Waals surface area contributed by atoms with Gasteiger partial charge in [-0.3, -0.25) is 0 Å². The standard InChI is InChI=1S/C38H39N3Si/c1-38(2,3)27-22-29(40-26-39(4)36-18-12-13-19-37(36)40)24-31(23-27)42(5,6)30-20-21-35-33(25-30)32-16-10-11-17-34(32)41(35)28-14-8-7-9-15-28/h7-25H,26H2,1-6H3. The van der Waals surface area contributed by atoms with Gasteiger partial charge in [0.05, 0.1) is 29.1 Å². The summed E-state index contributed by atoms with van der Waals surface area (Å²) in [7, 11) is 0.107. The lowest BCUT2D eigenvalue weighted by molar-refractivity contribution is 0.590. The van der Waals surface area contributed by atoms with E-state index in [9.17, 15) is 0 Å². The molecule has 0 bridgehead atoms. The van der Waals surface area contributed by atoms with Crippen molar-refractivity contribution in [2.75, 3.05) is 23.5 Å². The third-order valence-electron chi connectivity index (χ3n) is 9.16. The van der Waals surface area contributed by atoms with Crippen LogP contribution in [-0.2, 0) is 5.41 Å². The molecule has 0 spiro atoms. The SMILES string of the molecule is CN1CN(c2cc(C(C)(C)C)cc([Si](C)(C)c3ccc4c(c3)c3ccccc3n4-c3ccccc3)c2)c2ccccc21. The van der Waals surface area contributed by atoms with Gasteiger partial charge >= 0.3 is 0 Å². The van der Waals surface area contributed by atoms with Gasteiger partial charge in [0.1, 0.15) is 8.07 Å². The van der Waals surface area contributed by atoms with E-state index in [1.165, 1.54) is 60.5 Å². The van der Waals surface area contributed by atoms with Crippen LogP contribution >= 0.6 is 0 Å². The van der Waals surface area contributed by atoms with E-state index in [1.54, 1.807) is 0 Å². The van der Waals surface area contributed by atoms with Gasteiger partial charge in [0.25, 0.3) is 0 Å². The zero-order valence-electron chi connectivity index (χ0n) is 25.5. The summed E-state index contributed by atoms with van der Waals surface area (Å²) in [6, 6.07) is 43.0. The van der Waals surface area contributed by atoms with Crippen molar-refractivity contribution in [2.45, 2.75) is 39.3 Å². The first-order valence-electron chi connectivity index (χ1n) is 15.0. The van der Waals surface area contributed by atoms with Crippen LogP contribution in [0.25, 0.3) is 27.5 Å². The summed E-state index contributed by atoms with van der Waals surface area (Å²) in [4.78, 5) is 4.83. The van der Waals surface area contributed by atoms with Crippen LogP contribution in [0.2, 0.25) is 13.1 Å². The van der Waals surface area contributed by atoms with Crippen molar-refractivity contribution in [2.24, 2.45) is 0 Å². The second-order valence-corrected chi connectivity index (χ2v) is 17.7. The Morgan fingerprint density at radius 1 is 0.595 bits per heavy atom. The molecule has 4 heteroatoms. The van der Waals surface area contributed by atoms with E-state index < -0.39 is 8.07 Å². The lowest BCUT2D eigenvalue weighted by atomic mass is 9.87. The summed E-state index contributed by atoms with van der Waals surface area (Å²) in [5.41, 5.74) is 9.02. The molecule has 42 heavy (non-hydrogen) atoms. The fraction of sp³-hybridized carbons (Fsp3) is 0.211. The topological polar surface area (TPSA) is 11.4 Å². The summed E-state index contributed by atoms with van der Waals surface area (Å²) in [6.45, 7) is 12.9. The Labute approximate surface area is 250 Å². The van der Waals surface area contributed by atoms with Gasteiger partial charge in [-0.05, 0) is 59.5 Å². The highest BCUT2D eigenvalue weighted by molar-refractivity contribution is 7.00. The van der Waals surface area contributed by atoms with Crippen LogP contribution in [0.15, 0.2) is 115 Å². The zero-order chi connectivity index (χ0) is 29.2. The van der Waals surface area contributed by atoms with Crippen molar-refractivity contribution in [1.82, 2.24) is 4.57 Å². The molecule has 0 aliphatic carbocycles. The molecule has 6 aromatic rings. The van der Waals surface area contributed by atoms with E-state index in [4.69, 9.17) is 0 Å². The van der Waals surface area contributed by atoms with Crippen molar-refractivity contribution in [1.29, 1.82) is 0 Å². The molecule has 7 rings (SSSR count). The molecule has 0 radical (unpaired) electrons. The molecule has 0 fully saturated rings. The molecule has 0 unspecified atom stereocenters. The van der Waals surface area contributed by atoms with Crippen molar-refractivity contribution in [3.8, 4) is 5.69 Å². The molecule has 0 atom stereocenters. The number of rotatable bonds is 4. The molecular weight excluding hydrogens is 527 g/mol. The van der Waals surface area contributed by atoms with Gasteiger partial charge in [0.2, 0.25) is 0 Å². The number of nitrogens with zero attached hydrogens (tertiary/aromatic N) is 3. The number of fused-ring (bicyclic) bond motifs is 4. The lowest BCUT2D eigenvalue weighted by Crippen LogP contribution is -2.53. The van der Waals surface area contributed by atoms with E-state index in [2.05, 4.69) is 171 Å². The second-order valence-electron chi connectivity index (χ2n) is 13.3. The average Bonchev–Trinajstić information content (AvgIpc) is 3.51. The fourth-order valence-corrected chi connectivity index (χ4v) is 8.91. The lowest BCUT2D eigenvalue weighted by Gasteiger charge is -2.30. The maximum Gasteiger partial charge on any atom is 0.112 e. The Hall–Kier alpha value is -4.28. The summed E-state index contributed by atoms with van der Waals surface area (Å²) in [5, 5.41) is 5.57. The quantitative estimate of drug-likeness (QED) is 0.199. The first-order chi connectivity index (χ1) is 20.1. The highest BCUT2D eigenvalue weighted by Gasteiger charge is 2.32. The van der Waals surface area contributed by atoms with Gasteiger partial charge in [-0.15, -0.1) is 0 Å². The van der Waals surface area contributed by atoms with E-state index >= 15 is 0 Å². The maximum atomic E-state index is 2.51. The molecule has 5 aromatic carbocycles. The summed E-state index contributed by atoms with van der Waals surface area (Å²) >= 11 is 0. The summed E-state index contributed by atoms with van der Waals surface area (Å²) in [6.07, 6.45) is 0. The van der Waals surface area contributed by atoms with Crippen molar-refractivity contribution < 1.29 is 0 Å². The molecule has 0 saturated carbocycles. The molecule has 3 nitrogen and oxygen atoms in total. The normalized spacial score (nSPS) is 13.8. The minimum atomic E-state index is -2.08. The number of hydrogen-bond donors (Lipinski definition) is 0. The molecule has 0 saturated heterocycles. The van der Waals surface area contributed by atoms with Crippen LogP contribution in [0, 0.1) is 0 Å². The Balaban J connectivity index is 1.40. The number of aromatic nitrogens is 1. The third kappa shape index (κ3) is 4.24. The van der Waals surface area contributed by atoms with E-state index in [0.717, 1.165) is 6.67 Å². The molecule has 0 N–H and O–H groups in total. The first kappa shape index (κ1) is 26.6. The third-order valence-corrected chi connectivity index (χ3v) is 12.6. The van der Waals surface area contributed by atoms with Crippen molar-refractivity contribution >= 4 is 57.3 Å². The highest BCUT2D eigenvalue weighted by Crippen LogP contribution is 2.40. The van der Waals surface area contributed by atoms with Crippen molar-refractivity contribution in [3.63, 3.8) is 0 Å². The van der Waals surface area contributed by atoms with Gasteiger partial charge in [-0.2, -0.15) is 0 Å². The minimum Gasteiger partial charge on any atom is -0.355 e. The maximum absolute atomic E-state index is 2.51. The number of para-hydroxylation sites is 4. The number of benzene rings is 5. The Kier molecular flexibility index (Phi) is 6.10. The van der Waals surface area contributed by atoms with E-state index in [-0.39, 0.29) is 5.41 Å². The van der Waals surface area contributed by atoms with Gasteiger partial charge in [-0.1, -0.05) is 111 Å². The van der Waals surface area contributed by atoms with Gasteiger partial charge in [0, 0.05) is 29.2 Å². The van der Waals surface area contributed by atoms with Crippen LogP contribution in [0.4, 0.5) is 17.1 Å². The van der Waals surface area contributed by atoms with Crippen LogP contribution in [0.5, 0.6) is 0 Å². The molecule has 1 aliphatic rings. The molecule has 1 aliphatic heterocycles. The Morgan fingerprint density at radius 2 is 1.26 bits per heavy atom. The highest BCUT2D eigenvalue weighted by atomic mass is 28.3. The van der Waals surface area contributed by atoms with Crippen molar-refractivity contribution in [3.05, 3.63) is 121 Å². The number of hydrogen-bond acceptors (Lipinski definition) is 2. The van der Waals surface area contributed by atoms with Gasteiger partial charge < -0.3 is 14.4 Å². The molecular formula is C38H39N3Si. The molecule has 0 amide bonds. The van der Waals surface area contributed by atoms with E-state index in [1.807, 2.05) is 0 Å². The van der Waals surface area contributed by atoms with E-state index in [0.29, 0.717) is 0 Å². The second kappa shape index (κ2) is 9.64. The number of anilines is 3. The molecule has 1 aromatic heterocycles. The van der Waals surface area contributed by atoms with Crippen LogP contribution in [0.1, 0.15) is 26.3 Å². The smallest absolute Gasteiger partial charge is 0.112 e. The molecule has 210 valence electrons. The Bertz CT molecular complexity index is 1950. The largest absolute Gasteiger partial charge is 0.355 e. The van der Waals surface area contributed by atoms with Gasteiger partial charge in [-0.25, -0.2) is 0 Å². The predicted molar refractivity (Wildman–Crippen MR) is 185 cm³/mol. The fourth-order valence-electron chi connectivity index (χ4n) is 6.54. The van der Waals surface area contributed by atoms with Crippen LogP contribution in [-0.4, -0.2) is 26.4 Å². The summed E-state index contributed by atoms with van der Waals surface area (Å²) < 4.78 is 2.41. The van der Waals surface area contributed by atoms with Crippen LogP contribution in [0.3, 0.4) is 0 Å². The molecule has 2 heterocycles. The predicted octanol–water partition coefficient (Wildman–Crippen LogP) is 8.45. The first-order valence-corrected chi connectivity index (χ1v) is 18.0. The average molecular weight is 566 g/mol. The van der Waals surface area contributed by atoms with Gasteiger partial charge in [0.15, 0.2) is 0 Å².